The van der Waals surface area contributed by atoms with Crippen molar-refractivity contribution >= 4 is 27.7 Å². The Kier molecular flexibility index (Phi) is 2.60. The van der Waals surface area contributed by atoms with Gasteiger partial charge in [-0.25, -0.2) is 4.98 Å². The second-order valence-corrected chi connectivity index (χ2v) is 4.79. The average Bonchev–Trinajstić information content (AvgIpc) is 2.43. The largest absolute Gasteiger partial charge is 0.311 e. The highest BCUT2D eigenvalue weighted by molar-refractivity contribution is 9.09. The summed E-state index contributed by atoms with van der Waals surface area (Å²) in [5.41, 5.74) is -0.233. The minimum Gasteiger partial charge on any atom is -0.311 e. The van der Waals surface area contributed by atoms with Gasteiger partial charge in [-0.15, -0.1) is 0 Å². The zero-order valence-corrected chi connectivity index (χ0v) is 9.74. The van der Waals surface area contributed by atoms with E-state index in [9.17, 15) is 9.59 Å². The maximum absolute atomic E-state index is 11.6. The van der Waals surface area contributed by atoms with Crippen molar-refractivity contribution in [1.29, 1.82) is 0 Å². The maximum atomic E-state index is 11.6. The zero-order chi connectivity index (χ0) is 11.0. The van der Waals surface area contributed by atoms with E-state index in [1.807, 2.05) is 0 Å². The standard InChI is InChI=1S/C9H10BrN3O2/c1-5-11-7(3-8(14)12-5)13-4-6(10)2-9(13)15/h3,6H,2,4H2,1H3,(H,11,12,14). The molecule has 1 aliphatic rings. The minimum atomic E-state index is -0.233. The molecule has 2 rings (SSSR count). The number of rotatable bonds is 1. The average molecular weight is 272 g/mol. The van der Waals surface area contributed by atoms with Gasteiger partial charge in [-0.1, -0.05) is 15.9 Å². The number of H-pyrrole nitrogens is 1. The van der Waals surface area contributed by atoms with Crippen molar-refractivity contribution in [2.45, 2.75) is 18.2 Å². The lowest BCUT2D eigenvalue weighted by Crippen LogP contribution is -2.27. The Morgan fingerprint density at radius 2 is 2.33 bits per heavy atom. The number of nitrogens with one attached hydrogen (secondary N) is 1. The highest BCUT2D eigenvalue weighted by atomic mass is 79.9. The molecule has 1 unspecified atom stereocenters. The molecule has 0 aromatic carbocycles. The monoisotopic (exact) mass is 271 g/mol. The van der Waals surface area contributed by atoms with Gasteiger partial charge >= 0.3 is 0 Å². The summed E-state index contributed by atoms with van der Waals surface area (Å²) in [6, 6.07) is 1.34. The minimum absolute atomic E-state index is 0.00521. The van der Waals surface area contributed by atoms with E-state index in [4.69, 9.17) is 0 Å². The molecule has 1 aromatic heterocycles. The van der Waals surface area contributed by atoms with Crippen LogP contribution < -0.4 is 10.5 Å². The number of halogens is 1. The van der Waals surface area contributed by atoms with Gasteiger partial charge in [0.1, 0.15) is 11.6 Å². The van der Waals surface area contributed by atoms with Gasteiger partial charge < -0.3 is 4.98 Å². The quantitative estimate of drug-likeness (QED) is 0.760. The highest BCUT2D eigenvalue weighted by Gasteiger charge is 2.29. The van der Waals surface area contributed by atoms with Crippen molar-refractivity contribution in [3.05, 3.63) is 22.2 Å². The van der Waals surface area contributed by atoms with Gasteiger partial charge in [0.15, 0.2) is 0 Å². The van der Waals surface area contributed by atoms with E-state index in [1.165, 1.54) is 11.0 Å². The fourth-order valence-electron chi connectivity index (χ4n) is 1.59. The molecule has 0 saturated carbocycles. The number of alkyl halides is 1. The smallest absolute Gasteiger partial charge is 0.252 e. The highest BCUT2D eigenvalue weighted by Crippen LogP contribution is 2.22. The molecule has 15 heavy (non-hydrogen) atoms. The summed E-state index contributed by atoms with van der Waals surface area (Å²) >= 11 is 3.38. The lowest BCUT2D eigenvalue weighted by atomic mass is 10.4. The molecule has 0 radical (unpaired) electrons. The number of anilines is 1. The van der Waals surface area contributed by atoms with Crippen LogP contribution in [0.4, 0.5) is 5.82 Å². The predicted octanol–water partition coefficient (Wildman–Crippen LogP) is 0.579. The molecule has 0 bridgehead atoms. The van der Waals surface area contributed by atoms with Gasteiger partial charge in [-0.2, -0.15) is 0 Å². The fraction of sp³-hybridized carbons (Fsp3) is 0.444. The SMILES string of the molecule is Cc1nc(N2CC(Br)CC2=O)cc(=O)[nH]1. The Labute approximate surface area is 94.6 Å². The zero-order valence-electron chi connectivity index (χ0n) is 8.16. The molecular formula is C9H10BrN3O2. The Balaban J connectivity index is 2.37. The van der Waals surface area contributed by atoms with Crippen LogP contribution in [-0.4, -0.2) is 27.2 Å². The number of aromatic amines is 1. The van der Waals surface area contributed by atoms with E-state index < -0.39 is 0 Å². The third-order valence-electron chi connectivity index (χ3n) is 2.20. The summed E-state index contributed by atoms with van der Waals surface area (Å²) < 4.78 is 0. The van der Waals surface area contributed by atoms with Crippen LogP contribution in [0.25, 0.3) is 0 Å². The van der Waals surface area contributed by atoms with Crippen LogP contribution in [0.2, 0.25) is 0 Å². The van der Waals surface area contributed by atoms with Gasteiger partial charge in [-0.05, 0) is 6.92 Å². The summed E-state index contributed by atoms with van der Waals surface area (Å²) in [5, 5.41) is 0. The molecule has 1 aliphatic heterocycles. The molecule has 2 heterocycles. The van der Waals surface area contributed by atoms with E-state index in [0.29, 0.717) is 24.6 Å². The molecule has 6 heteroatoms. The molecule has 5 nitrogen and oxygen atoms in total. The Morgan fingerprint density at radius 1 is 1.60 bits per heavy atom. The molecule has 1 atom stereocenters. The van der Waals surface area contributed by atoms with Crippen LogP contribution in [0.5, 0.6) is 0 Å². The molecule has 0 aliphatic carbocycles. The van der Waals surface area contributed by atoms with Crippen LogP contribution >= 0.6 is 15.9 Å². The van der Waals surface area contributed by atoms with E-state index in [0.717, 1.165) is 0 Å². The second-order valence-electron chi connectivity index (χ2n) is 3.49. The third kappa shape index (κ3) is 2.09. The van der Waals surface area contributed by atoms with Crippen molar-refractivity contribution < 1.29 is 4.79 Å². The fourth-order valence-corrected chi connectivity index (χ4v) is 2.15. The van der Waals surface area contributed by atoms with E-state index in [2.05, 4.69) is 25.9 Å². The number of aromatic nitrogens is 2. The molecule has 1 N–H and O–H groups in total. The Bertz CT molecular complexity index is 457. The molecule has 0 spiro atoms. The molecule has 1 amide bonds. The number of hydrogen-bond acceptors (Lipinski definition) is 3. The number of carbonyl (C=O) groups excluding carboxylic acids is 1. The first-order chi connectivity index (χ1) is 7.06. The first kappa shape index (κ1) is 10.4. The molecule has 1 saturated heterocycles. The first-order valence-electron chi connectivity index (χ1n) is 4.58. The molecular weight excluding hydrogens is 262 g/mol. The Hall–Kier alpha value is -1.17. The van der Waals surface area contributed by atoms with Crippen LogP contribution in [0, 0.1) is 6.92 Å². The second kappa shape index (κ2) is 3.77. The van der Waals surface area contributed by atoms with E-state index in [-0.39, 0.29) is 16.3 Å². The summed E-state index contributed by atoms with van der Waals surface area (Å²) in [5.74, 6) is 0.945. The normalized spacial score (nSPS) is 21.1. The predicted molar refractivity (Wildman–Crippen MR) is 59.3 cm³/mol. The van der Waals surface area contributed by atoms with Crippen LogP contribution in [0.15, 0.2) is 10.9 Å². The van der Waals surface area contributed by atoms with Gasteiger partial charge in [0.25, 0.3) is 5.56 Å². The van der Waals surface area contributed by atoms with Gasteiger partial charge in [0.05, 0.1) is 0 Å². The number of hydrogen-bond donors (Lipinski definition) is 1. The summed E-state index contributed by atoms with van der Waals surface area (Å²) in [7, 11) is 0. The maximum Gasteiger partial charge on any atom is 0.252 e. The summed E-state index contributed by atoms with van der Waals surface area (Å²) in [6.07, 6.45) is 0.452. The molecule has 1 fully saturated rings. The molecule has 80 valence electrons. The van der Waals surface area contributed by atoms with Gasteiger partial charge in [0.2, 0.25) is 5.91 Å². The number of amides is 1. The van der Waals surface area contributed by atoms with E-state index in [1.54, 1.807) is 6.92 Å². The van der Waals surface area contributed by atoms with Gasteiger partial charge in [-0.3, -0.25) is 14.5 Å². The van der Waals surface area contributed by atoms with Crippen LogP contribution in [-0.2, 0) is 4.79 Å². The van der Waals surface area contributed by atoms with Crippen molar-refractivity contribution in [2.24, 2.45) is 0 Å². The van der Waals surface area contributed by atoms with Crippen molar-refractivity contribution in [2.75, 3.05) is 11.4 Å². The lowest BCUT2D eigenvalue weighted by Gasteiger charge is -2.14. The lowest BCUT2D eigenvalue weighted by molar-refractivity contribution is -0.117. The first-order valence-corrected chi connectivity index (χ1v) is 5.50. The number of nitrogens with zero attached hydrogens (tertiary/aromatic N) is 2. The van der Waals surface area contributed by atoms with E-state index >= 15 is 0 Å². The summed E-state index contributed by atoms with van der Waals surface area (Å²) in [4.78, 5) is 31.1. The van der Waals surface area contributed by atoms with Crippen LogP contribution in [0.3, 0.4) is 0 Å². The van der Waals surface area contributed by atoms with Crippen molar-refractivity contribution in [1.82, 2.24) is 9.97 Å². The van der Waals surface area contributed by atoms with Gasteiger partial charge in [0, 0.05) is 23.9 Å². The van der Waals surface area contributed by atoms with Crippen LogP contribution in [0.1, 0.15) is 12.2 Å². The van der Waals surface area contributed by atoms with Crippen molar-refractivity contribution in [3.8, 4) is 0 Å². The van der Waals surface area contributed by atoms with Crippen molar-refractivity contribution in [3.63, 3.8) is 0 Å². The summed E-state index contributed by atoms with van der Waals surface area (Å²) in [6.45, 7) is 2.26. The Morgan fingerprint density at radius 3 is 2.87 bits per heavy atom. The number of aryl methyl sites for hydroxylation is 1. The molecule has 1 aromatic rings. The third-order valence-corrected chi connectivity index (χ3v) is 2.81. The topological polar surface area (TPSA) is 66.1 Å². The number of carbonyl (C=O) groups is 1.